The second-order valence-electron chi connectivity index (χ2n) is 1.90. The van der Waals surface area contributed by atoms with Crippen LogP contribution in [0.3, 0.4) is 0 Å². The average molecular weight is 235 g/mol. The normalized spacial score (nSPS) is 6.92. The minimum absolute atomic E-state index is 0. The summed E-state index contributed by atoms with van der Waals surface area (Å²) in [5.74, 6) is 0. The van der Waals surface area contributed by atoms with Gasteiger partial charge >= 0.3 is 23.1 Å². The Kier molecular flexibility index (Phi) is 10.5. The van der Waals surface area contributed by atoms with Gasteiger partial charge in [-0.25, -0.2) is 0 Å². The van der Waals surface area contributed by atoms with E-state index in [1.807, 2.05) is 30.3 Å². The van der Waals surface area contributed by atoms with Crippen LogP contribution in [0.4, 0.5) is 0 Å². The molecule has 0 saturated carbocycles. The van der Waals surface area contributed by atoms with Gasteiger partial charge in [-0.2, -0.15) is 0 Å². The van der Waals surface area contributed by atoms with E-state index >= 15 is 0 Å². The largest absolute Gasteiger partial charge is 2.00 e. The molecule has 2 nitrogen and oxygen atoms in total. The van der Waals surface area contributed by atoms with Crippen LogP contribution in [0.15, 0.2) is 30.3 Å². The second kappa shape index (κ2) is 8.85. The molecule has 0 bridgehead atoms. The van der Waals surface area contributed by atoms with Crippen LogP contribution in [0.1, 0.15) is 5.56 Å². The van der Waals surface area contributed by atoms with Gasteiger partial charge in [-0.15, -0.1) is 0 Å². The number of nitrogens with zero attached hydrogens (tertiary/aromatic N) is 2. The van der Waals surface area contributed by atoms with Gasteiger partial charge < -0.3 is 27.6 Å². The maximum Gasteiger partial charge on any atom is 2.00 e. The van der Waals surface area contributed by atoms with Gasteiger partial charge in [0.25, 0.3) is 0 Å². The average Bonchev–Trinajstić information content (AvgIpc) is 2.03. The smallest absolute Gasteiger partial charge is 1.00 e. The van der Waals surface area contributed by atoms with E-state index in [1.54, 1.807) is 6.19 Å². The molecule has 0 aliphatic heterocycles. The van der Waals surface area contributed by atoms with Crippen LogP contribution in [0.25, 0.3) is 5.32 Å². The Morgan fingerprint density at radius 2 is 1.83 bits per heavy atom. The van der Waals surface area contributed by atoms with Gasteiger partial charge in [0.1, 0.15) is 0 Å². The molecule has 0 amide bonds. The summed E-state index contributed by atoms with van der Waals surface area (Å²) in [5.41, 5.74) is 1.07. The van der Waals surface area contributed by atoms with E-state index in [2.05, 4.69) is 5.32 Å². The molecule has 0 atom stereocenters. The minimum atomic E-state index is 0. The fraction of sp³-hybridized carbons (Fsp3) is 0.125. The Morgan fingerprint density at radius 1 is 1.25 bits per heavy atom. The fourth-order valence-corrected chi connectivity index (χ4v) is 0.710. The van der Waals surface area contributed by atoms with Gasteiger partial charge in [-0.1, -0.05) is 36.5 Å². The SMILES string of the molecule is N#C[N-]Cc1ccccc1.[Br-].[Mg+2]. The van der Waals surface area contributed by atoms with Crippen molar-refractivity contribution in [2.24, 2.45) is 0 Å². The number of benzene rings is 1. The van der Waals surface area contributed by atoms with Crippen molar-refractivity contribution in [3.63, 3.8) is 0 Å². The third-order valence-electron chi connectivity index (χ3n) is 1.18. The van der Waals surface area contributed by atoms with Crippen LogP contribution in [0.5, 0.6) is 0 Å². The molecular weight excluding hydrogens is 228 g/mol. The van der Waals surface area contributed by atoms with Gasteiger partial charge in [0.15, 0.2) is 0 Å². The van der Waals surface area contributed by atoms with Crippen LogP contribution in [-0.2, 0) is 6.54 Å². The Morgan fingerprint density at radius 3 is 2.33 bits per heavy atom. The van der Waals surface area contributed by atoms with Gasteiger partial charge in [0.05, 0.1) is 0 Å². The van der Waals surface area contributed by atoms with Crippen molar-refractivity contribution in [2.75, 3.05) is 0 Å². The van der Waals surface area contributed by atoms with Gasteiger partial charge in [-0.05, 0) is 12.1 Å². The monoisotopic (exact) mass is 234 g/mol. The third-order valence-corrected chi connectivity index (χ3v) is 1.18. The minimum Gasteiger partial charge on any atom is -1.00 e. The molecule has 1 aromatic rings. The van der Waals surface area contributed by atoms with E-state index in [0.717, 1.165) is 5.56 Å². The van der Waals surface area contributed by atoms with Gasteiger partial charge in [0.2, 0.25) is 0 Å². The van der Waals surface area contributed by atoms with Gasteiger partial charge in [0, 0.05) is 0 Å². The Balaban J connectivity index is 0. The standard InChI is InChI=1S/C8H7N2.BrH.Mg/c9-7-10-6-8-4-2-1-3-5-8;;/h1-5H,6H2;1H;/q-1;;+2/p-1. The summed E-state index contributed by atoms with van der Waals surface area (Å²) in [4.78, 5) is 0. The molecule has 0 radical (unpaired) electrons. The molecule has 12 heavy (non-hydrogen) atoms. The van der Waals surface area contributed by atoms with Crippen molar-refractivity contribution in [2.45, 2.75) is 6.54 Å². The molecule has 0 saturated heterocycles. The summed E-state index contributed by atoms with van der Waals surface area (Å²) in [5, 5.41) is 11.7. The Bertz CT molecular complexity index is 233. The summed E-state index contributed by atoms with van der Waals surface area (Å²) < 4.78 is 0. The maximum absolute atomic E-state index is 8.11. The molecule has 1 rings (SSSR count). The molecule has 0 aromatic heterocycles. The summed E-state index contributed by atoms with van der Waals surface area (Å²) in [6, 6.07) is 9.70. The number of nitriles is 1. The van der Waals surface area contributed by atoms with E-state index in [-0.39, 0.29) is 40.0 Å². The summed E-state index contributed by atoms with van der Waals surface area (Å²) in [6.45, 7) is 0.497. The van der Waals surface area contributed by atoms with Gasteiger partial charge in [-0.3, -0.25) is 0 Å². The molecule has 1 aromatic carbocycles. The Hall–Kier alpha value is -0.244. The van der Waals surface area contributed by atoms with E-state index in [1.165, 1.54) is 0 Å². The number of halogens is 1. The van der Waals surface area contributed by atoms with E-state index < -0.39 is 0 Å². The van der Waals surface area contributed by atoms with Crippen LogP contribution in [0, 0.1) is 11.5 Å². The van der Waals surface area contributed by atoms with Crippen molar-refractivity contribution in [3.05, 3.63) is 41.2 Å². The molecule has 0 unspecified atom stereocenters. The van der Waals surface area contributed by atoms with E-state index in [4.69, 9.17) is 5.26 Å². The summed E-state index contributed by atoms with van der Waals surface area (Å²) in [7, 11) is 0. The quantitative estimate of drug-likeness (QED) is 0.462. The molecular formula is C8H7BrMgN2. The first-order valence-corrected chi connectivity index (χ1v) is 3.03. The molecule has 58 valence electrons. The van der Waals surface area contributed by atoms with Crippen molar-refractivity contribution < 1.29 is 17.0 Å². The molecule has 0 aliphatic carbocycles. The topological polar surface area (TPSA) is 37.9 Å². The van der Waals surface area contributed by atoms with Crippen LogP contribution in [0.2, 0.25) is 0 Å². The first-order valence-electron chi connectivity index (χ1n) is 3.03. The van der Waals surface area contributed by atoms with Crippen LogP contribution >= 0.6 is 0 Å². The van der Waals surface area contributed by atoms with Crippen LogP contribution < -0.4 is 17.0 Å². The number of hydrogen-bond acceptors (Lipinski definition) is 1. The first kappa shape index (κ1) is 14.3. The van der Waals surface area contributed by atoms with E-state index in [0.29, 0.717) is 6.54 Å². The molecule has 0 heterocycles. The molecule has 0 spiro atoms. The van der Waals surface area contributed by atoms with Crippen molar-refractivity contribution >= 4 is 23.1 Å². The second-order valence-corrected chi connectivity index (χ2v) is 1.90. The predicted octanol–water partition coefficient (Wildman–Crippen LogP) is -1.34. The first-order chi connectivity index (χ1) is 4.93. The molecule has 0 N–H and O–H groups in total. The summed E-state index contributed by atoms with van der Waals surface area (Å²) >= 11 is 0. The summed E-state index contributed by atoms with van der Waals surface area (Å²) in [6.07, 6.45) is 1.74. The van der Waals surface area contributed by atoms with Crippen LogP contribution in [-0.4, -0.2) is 23.1 Å². The molecule has 4 heteroatoms. The number of hydrogen-bond donors (Lipinski definition) is 0. The maximum atomic E-state index is 8.11. The molecule has 0 aliphatic rings. The molecule has 0 fully saturated rings. The van der Waals surface area contributed by atoms with Crippen molar-refractivity contribution in [1.82, 2.24) is 0 Å². The zero-order valence-corrected chi connectivity index (χ0v) is 9.57. The fourth-order valence-electron chi connectivity index (χ4n) is 0.710. The third kappa shape index (κ3) is 5.41. The van der Waals surface area contributed by atoms with Crippen molar-refractivity contribution in [1.29, 1.82) is 5.26 Å². The number of rotatable bonds is 2. The van der Waals surface area contributed by atoms with Crippen molar-refractivity contribution in [3.8, 4) is 6.19 Å². The Labute approximate surface area is 98.9 Å². The van der Waals surface area contributed by atoms with E-state index in [9.17, 15) is 0 Å². The predicted molar refractivity (Wildman–Crippen MR) is 44.9 cm³/mol. The zero-order chi connectivity index (χ0) is 7.23. The zero-order valence-electron chi connectivity index (χ0n) is 6.57.